The lowest BCUT2D eigenvalue weighted by Gasteiger charge is -2.12. The molecule has 0 fully saturated rings. The predicted molar refractivity (Wildman–Crippen MR) is 98.5 cm³/mol. The summed E-state index contributed by atoms with van der Waals surface area (Å²) in [7, 11) is 1.42. The van der Waals surface area contributed by atoms with Crippen molar-refractivity contribution in [1.29, 1.82) is 0 Å². The first-order chi connectivity index (χ1) is 12.5. The number of benzene rings is 3. The number of carbonyl (C=O) groups is 2. The number of ether oxygens (including phenoxy) is 1. The topological polar surface area (TPSA) is 87.7 Å². The van der Waals surface area contributed by atoms with E-state index in [-0.39, 0.29) is 16.9 Å². The SMILES string of the molecule is COc1ccc(Cl)cc1C(=O)NNC(=O)c1cc2ccccc2cc1O. The maximum Gasteiger partial charge on any atom is 0.273 e. The molecule has 3 aromatic rings. The summed E-state index contributed by atoms with van der Waals surface area (Å²) in [4.78, 5) is 24.6. The summed E-state index contributed by atoms with van der Waals surface area (Å²) in [6, 6.07) is 14.9. The zero-order chi connectivity index (χ0) is 18.7. The average Bonchev–Trinajstić information content (AvgIpc) is 2.65. The Morgan fingerprint density at radius 3 is 2.19 bits per heavy atom. The van der Waals surface area contributed by atoms with E-state index in [1.165, 1.54) is 19.2 Å². The molecular formula is C19H15ClN2O4. The lowest BCUT2D eigenvalue weighted by molar-refractivity contribution is 0.0843. The molecule has 2 amide bonds. The van der Waals surface area contributed by atoms with Crippen LogP contribution in [-0.2, 0) is 0 Å². The highest BCUT2D eigenvalue weighted by molar-refractivity contribution is 6.31. The van der Waals surface area contributed by atoms with Crippen molar-refractivity contribution >= 4 is 34.2 Å². The van der Waals surface area contributed by atoms with Crippen LogP contribution in [-0.4, -0.2) is 24.0 Å². The minimum atomic E-state index is -0.650. The van der Waals surface area contributed by atoms with E-state index in [1.807, 2.05) is 24.3 Å². The molecule has 26 heavy (non-hydrogen) atoms. The molecule has 3 aromatic carbocycles. The summed E-state index contributed by atoms with van der Waals surface area (Å²) in [5.41, 5.74) is 4.78. The first kappa shape index (κ1) is 17.6. The number of hydrogen-bond donors (Lipinski definition) is 3. The molecule has 0 unspecified atom stereocenters. The van der Waals surface area contributed by atoms with Crippen molar-refractivity contribution in [1.82, 2.24) is 10.9 Å². The number of rotatable bonds is 3. The van der Waals surface area contributed by atoms with E-state index in [0.29, 0.717) is 10.8 Å². The van der Waals surface area contributed by atoms with Gasteiger partial charge in [-0.2, -0.15) is 0 Å². The van der Waals surface area contributed by atoms with Gasteiger partial charge in [0, 0.05) is 5.02 Å². The summed E-state index contributed by atoms with van der Waals surface area (Å²) in [6.07, 6.45) is 0. The molecule has 0 bridgehead atoms. The van der Waals surface area contributed by atoms with Gasteiger partial charge < -0.3 is 9.84 Å². The highest BCUT2D eigenvalue weighted by Crippen LogP contribution is 2.25. The normalized spacial score (nSPS) is 10.4. The molecule has 132 valence electrons. The summed E-state index contributed by atoms with van der Waals surface area (Å²) in [5, 5.41) is 12.0. The number of carbonyl (C=O) groups excluding carboxylic acids is 2. The number of nitrogens with one attached hydrogen (secondary N) is 2. The summed E-state index contributed by atoms with van der Waals surface area (Å²) in [6.45, 7) is 0. The van der Waals surface area contributed by atoms with E-state index in [9.17, 15) is 14.7 Å². The molecule has 7 heteroatoms. The number of methoxy groups -OCH3 is 1. The molecule has 0 saturated heterocycles. The number of phenols is 1. The molecule has 0 radical (unpaired) electrons. The Morgan fingerprint density at radius 2 is 1.54 bits per heavy atom. The Balaban J connectivity index is 1.78. The quantitative estimate of drug-likeness (QED) is 0.617. The molecule has 0 atom stereocenters. The molecular weight excluding hydrogens is 356 g/mol. The Labute approximate surface area is 154 Å². The molecule has 0 aliphatic carbocycles. The van der Waals surface area contributed by atoms with Crippen LogP contribution in [0.4, 0.5) is 0 Å². The maximum absolute atomic E-state index is 12.3. The first-order valence-electron chi connectivity index (χ1n) is 7.65. The van der Waals surface area contributed by atoms with Crippen molar-refractivity contribution in [2.75, 3.05) is 7.11 Å². The van der Waals surface area contributed by atoms with E-state index in [4.69, 9.17) is 16.3 Å². The lowest BCUT2D eigenvalue weighted by atomic mass is 10.1. The van der Waals surface area contributed by atoms with E-state index >= 15 is 0 Å². The number of phenolic OH excluding ortho intramolecular Hbond substituents is 1. The molecule has 0 aliphatic heterocycles. The fourth-order valence-electron chi connectivity index (χ4n) is 2.52. The second-order valence-electron chi connectivity index (χ2n) is 5.47. The van der Waals surface area contributed by atoms with Gasteiger partial charge in [-0.05, 0) is 41.1 Å². The van der Waals surface area contributed by atoms with Gasteiger partial charge in [0.1, 0.15) is 11.5 Å². The van der Waals surface area contributed by atoms with E-state index < -0.39 is 11.8 Å². The van der Waals surface area contributed by atoms with Crippen LogP contribution >= 0.6 is 11.6 Å². The molecule has 0 saturated carbocycles. The van der Waals surface area contributed by atoms with Gasteiger partial charge in [-0.15, -0.1) is 0 Å². The Kier molecular flexibility index (Phi) is 4.95. The van der Waals surface area contributed by atoms with Crippen LogP contribution in [0, 0.1) is 0 Å². The van der Waals surface area contributed by atoms with Gasteiger partial charge in [0.15, 0.2) is 0 Å². The van der Waals surface area contributed by atoms with E-state index in [2.05, 4.69) is 10.9 Å². The number of aromatic hydroxyl groups is 1. The molecule has 0 heterocycles. The monoisotopic (exact) mass is 370 g/mol. The molecule has 3 rings (SSSR count). The molecule has 0 aromatic heterocycles. The summed E-state index contributed by atoms with van der Waals surface area (Å²) >= 11 is 5.90. The predicted octanol–water partition coefficient (Wildman–Crippen LogP) is 3.28. The Hall–Kier alpha value is -3.25. The molecule has 0 spiro atoms. The van der Waals surface area contributed by atoms with Crippen molar-refractivity contribution in [2.45, 2.75) is 0 Å². The third-order valence-electron chi connectivity index (χ3n) is 3.80. The smallest absolute Gasteiger partial charge is 0.273 e. The highest BCUT2D eigenvalue weighted by Gasteiger charge is 2.16. The third kappa shape index (κ3) is 3.55. The van der Waals surface area contributed by atoms with Crippen molar-refractivity contribution in [3.63, 3.8) is 0 Å². The fourth-order valence-corrected chi connectivity index (χ4v) is 2.69. The van der Waals surface area contributed by atoms with Crippen LogP contribution in [0.5, 0.6) is 11.5 Å². The van der Waals surface area contributed by atoms with Gasteiger partial charge in [-0.1, -0.05) is 35.9 Å². The van der Waals surface area contributed by atoms with Crippen LogP contribution < -0.4 is 15.6 Å². The van der Waals surface area contributed by atoms with E-state index in [1.54, 1.807) is 18.2 Å². The van der Waals surface area contributed by atoms with Gasteiger partial charge in [0.25, 0.3) is 11.8 Å². The van der Waals surface area contributed by atoms with Crippen molar-refractivity contribution < 1.29 is 19.4 Å². The van der Waals surface area contributed by atoms with Crippen molar-refractivity contribution in [3.05, 3.63) is 70.7 Å². The highest BCUT2D eigenvalue weighted by atomic mass is 35.5. The fraction of sp³-hybridized carbons (Fsp3) is 0.0526. The largest absolute Gasteiger partial charge is 0.507 e. The van der Waals surface area contributed by atoms with Gasteiger partial charge in [-0.3, -0.25) is 20.4 Å². The minimum absolute atomic E-state index is 0.0436. The van der Waals surface area contributed by atoms with Crippen molar-refractivity contribution in [3.8, 4) is 11.5 Å². The van der Waals surface area contributed by atoms with Crippen LogP contribution in [0.1, 0.15) is 20.7 Å². The Morgan fingerprint density at radius 1 is 0.923 bits per heavy atom. The van der Waals surface area contributed by atoms with Gasteiger partial charge in [0.05, 0.1) is 18.2 Å². The van der Waals surface area contributed by atoms with Gasteiger partial charge in [0.2, 0.25) is 0 Å². The standard InChI is InChI=1S/C19H15ClN2O4/c1-26-17-7-6-13(20)10-15(17)19(25)22-21-18(24)14-8-11-4-2-3-5-12(11)9-16(14)23/h2-10,23H,1H3,(H,21,24)(H,22,25). The summed E-state index contributed by atoms with van der Waals surface area (Å²) < 4.78 is 5.11. The average molecular weight is 371 g/mol. The van der Waals surface area contributed by atoms with Crippen LogP contribution in [0.2, 0.25) is 5.02 Å². The third-order valence-corrected chi connectivity index (χ3v) is 4.04. The minimum Gasteiger partial charge on any atom is -0.507 e. The molecule has 0 aliphatic rings. The second-order valence-corrected chi connectivity index (χ2v) is 5.91. The summed E-state index contributed by atoms with van der Waals surface area (Å²) in [5.74, 6) is -1.12. The molecule has 3 N–H and O–H groups in total. The van der Waals surface area contributed by atoms with E-state index in [0.717, 1.165) is 10.8 Å². The van der Waals surface area contributed by atoms with Gasteiger partial charge >= 0.3 is 0 Å². The van der Waals surface area contributed by atoms with Crippen LogP contribution in [0.3, 0.4) is 0 Å². The number of amides is 2. The maximum atomic E-state index is 12.3. The number of hydrogen-bond acceptors (Lipinski definition) is 4. The van der Waals surface area contributed by atoms with Crippen molar-refractivity contribution in [2.24, 2.45) is 0 Å². The number of hydrazine groups is 1. The number of fused-ring (bicyclic) bond motifs is 1. The zero-order valence-corrected chi connectivity index (χ0v) is 14.5. The Bertz CT molecular complexity index is 1000. The first-order valence-corrected chi connectivity index (χ1v) is 8.03. The number of halogens is 1. The van der Waals surface area contributed by atoms with Gasteiger partial charge in [-0.25, -0.2) is 0 Å². The van der Waals surface area contributed by atoms with Crippen LogP contribution in [0.15, 0.2) is 54.6 Å². The molecule has 6 nitrogen and oxygen atoms in total. The second kappa shape index (κ2) is 7.33. The van der Waals surface area contributed by atoms with Crippen LogP contribution in [0.25, 0.3) is 10.8 Å². The lowest BCUT2D eigenvalue weighted by Crippen LogP contribution is -2.41. The zero-order valence-electron chi connectivity index (χ0n) is 13.7.